The van der Waals surface area contributed by atoms with E-state index in [-0.39, 0.29) is 29.9 Å². The van der Waals surface area contributed by atoms with E-state index in [1.165, 1.54) is 30.1 Å². The van der Waals surface area contributed by atoms with Crippen molar-refractivity contribution >= 4 is 23.7 Å². The number of rotatable bonds is 14. The predicted molar refractivity (Wildman–Crippen MR) is 153 cm³/mol. The number of benzene rings is 1. The molecule has 1 aromatic rings. The van der Waals surface area contributed by atoms with Gasteiger partial charge in [-0.2, -0.15) is 0 Å². The van der Waals surface area contributed by atoms with Crippen LogP contribution in [0.2, 0.25) is 0 Å². The number of allylic oxidation sites excluding steroid dienone is 1. The lowest BCUT2D eigenvalue weighted by Crippen LogP contribution is -2.61. The number of amides is 3. The molecule has 3 N–H and O–H groups in total. The van der Waals surface area contributed by atoms with E-state index in [0.29, 0.717) is 31.6 Å². The van der Waals surface area contributed by atoms with Gasteiger partial charge in [0.25, 0.3) is 5.91 Å². The number of nitrogens with zero attached hydrogens (tertiary/aromatic N) is 1. The number of nitrogens with one attached hydrogen (secondary N) is 3. The zero-order chi connectivity index (χ0) is 30.7. The zero-order valence-corrected chi connectivity index (χ0v) is 24.6. The maximum absolute atomic E-state index is 14.4. The number of hydrogen-bond donors (Lipinski definition) is 3. The molecule has 1 aliphatic heterocycles. The fourth-order valence-electron chi connectivity index (χ4n) is 4.30. The Morgan fingerprint density at radius 2 is 1.80 bits per heavy atom. The minimum atomic E-state index is -0.931. The second-order valence-corrected chi connectivity index (χ2v) is 10.6. The van der Waals surface area contributed by atoms with E-state index in [2.05, 4.69) is 29.2 Å². The first-order valence-corrected chi connectivity index (χ1v) is 13.9. The molecular weight excluding hydrogens is 531 g/mol. The molecule has 1 saturated heterocycles. The van der Waals surface area contributed by atoms with Crippen molar-refractivity contribution in [1.29, 1.82) is 0 Å². The summed E-state index contributed by atoms with van der Waals surface area (Å²) < 4.78 is 25.4. The summed E-state index contributed by atoms with van der Waals surface area (Å²) in [6, 6.07) is 1.59. The summed E-state index contributed by atoms with van der Waals surface area (Å²) >= 11 is 0. The van der Waals surface area contributed by atoms with Crippen LogP contribution in [0.1, 0.15) is 65.5 Å². The molecule has 4 unspecified atom stereocenters. The lowest BCUT2D eigenvalue weighted by atomic mass is 10.0. The summed E-state index contributed by atoms with van der Waals surface area (Å²) in [5, 5.41) is 6.72. The van der Waals surface area contributed by atoms with Gasteiger partial charge < -0.3 is 20.1 Å². The maximum Gasteiger partial charge on any atom is 0.325 e. The van der Waals surface area contributed by atoms with Gasteiger partial charge in [0.2, 0.25) is 11.8 Å². The molecule has 10 nitrogen and oxygen atoms in total. The van der Waals surface area contributed by atoms with Crippen LogP contribution in [0.3, 0.4) is 0 Å². The van der Waals surface area contributed by atoms with Gasteiger partial charge >= 0.3 is 5.97 Å². The first kappa shape index (κ1) is 33.5. The fourth-order valence-corrected chi connectivity index (χ4v) is 4.30. The Morgan fingerprint density at radius 3 is 2.44 bits per heavy atom. The van der Waals surface area contributed by atoms with Crippen molar-refractivity contribution < 1.29 is 33.0 Å². The SMILES string of the molecule is C=CCOc1ccc(F)c([C@@H](C)OC(=O)C2CCCN(C(=O)C(C)NC(=O)C(NC(=O)C(C)CC=C)C(C)C)N2)c1. The molecule has 0 radical (unpaired) electrons. The Hall–Kier alpha value is -3.73. The van der Waals surface area contributed by atoms with Crippen LogP contribution in [-0.4, -0.2) is 60.0 Å². The van der Waals surface area contributed by atoms with Crippen LogP contribution < -0.4 is 20.8 Å². The Labute approximate surface area is 241 Å². The first-order chi connectivity index (χ1) is 19.4. The van der Waals surface area contributed by atoms with Crippen LogP contribution in [-0.2, 0) is 23.9 Å². The molecule has 3 amide bonds. The number of hydrazine groups is 1. The average Bonchev–Trinajstić information content (AvgIpc) is 2.94. The van der Waals surface area contributed by atoms with Crippen molar-refractivity contribution in [2.75, 3.05) is 13.2 Å². The minimum Gasteiger partial charge on any atom is -0.490 e. The van der Waals surface area contributed by atoms with Gasteiger partial charge in [-0.3, -0.25) is 24.2 Å². The van der Waals surface area contributed by atoms with E-state index in [0.717, 1.165) is 0 Å². The Balaban J connectivity index is 1.99. The largest absolute Gasteiger partial charge is 0.490 e. The lowest BCUT2D eigenvalue weighted by molar-refractivity contribution is -0.157. The number of ether oxygens (including phenoxy) is 2. The quantitative estimate of drug-likeness (QED) is 0.230. The summed E-state index contributed by atoms with van der Waals surface area (Å²) in [5.41, 5.74) is 3.04. The number of halogens is 1. The van der Waals surface area contributed by atoms with Gasteiger partial charge in [-0.25, -0.2) is 9.82 Å². The first-order valence-electron chi connectivity index (χ1n) is 13.9. The Morgan fingerprint density at radius 1 is 1.10 bits per heavy atom. The van der Waals surface area contributed by atoms with E-state index in [1.807, 2.05) is 0 Å². The van der Waals surface area contributed by atoms with Crippen molar-refractivity contribution in [3.05, 3.63) is 54.9 Å². The molecule has 0 bridgehead atoms. The molecule has 11 heteroatoms. The van der Waals surface area contributed by atoms with E-state index in [4.69, 9.17) is 9.47 Å². The van der Waals surface area contributed by atoms with E-state index >= 15 is 0 Å². The van der Waals surface area contributed by atoms with Crippen molar-refractivity contribution in [1.82, 2.24) is 21.1 Å². The number of esters is 1. The van der Waals surface area contributed by atoms with Crippen LogP contribution >= 0.6 is 0 Å². The normalized spacial score (nSPS) is 17.9. The molecule has 1 fully saturated rings. The molecule has 1 heterocycles. The van der Waals surface area contributed by atoms with Crippen molar-refractivity contribution in [3.63, 3.8) is 0 Å². The third kappa shape index (κ3) is 9.70. The van der Waals surface area contributed by atoms with Crippen molar-refractivity contribution in [3.8, 4) is 5.75 Å². The predicted octanol–water partition coefficient (Wildman–Crippen LogP) is 3.35. The van der Waals surface area contributed by atoms with E-state index in [1.54, 1.807) is 39.8 Å². The molecule has 2 rings (SSSR count). The average molecular weight is 575 g/mol. The monoisotopic (exact) mass is 574 g/mol. The highest BCUT2D eigenvalue weighted by Crippen LogP contribution is 2.26. The minimum absolute atomic E-state index is 0.158. The highest BCUT2D eigenvalue weighted by Gasteiger charge is 2.34. The van der Waals surface area contributed by atoms with Gasteiger partial charge in [0, 0.05) is 18.0 Å². The van der Waals surface area contributed by atoms with Gasteiger partial charge in [0.05, 0.1) is 0 Å². The number of carbonyl (C=O) groups excluding carboxylic acids is 4. The van der Waals surface area contributed by atoms with Gasteiger partial charge in [-0.05, 0) is 57.2 Å². The zero-order valence-electron chi connectivity index (χ0n) is 24.6. The summed E-state index contributed by atoms with van der Waals surface area (Å²) in [7, 11) is 0. The molecule has 5 atom stereocenters. The highest BCUT2D eigenvalue weighted by atomic mass is 19.1. The molecule has 226 valence electrons. The third-order valence-electron chi connectivity index (χ3n) is 6.75. The summed E-state index contributed by atoms with van der Waals surface area (Å²) in [5.74, 6) is -2.53. The Kier molecular flexibility index (Phi) is 13.0. The molecule has 0 aliphatic carbocycles. The van der Waals surface area contributed by atoms with E-state index < -0.39 is 47.8 Å². The third-order valence-corrected chi connectivity index (χ3v) is 6.75. The summed E-state index contributed by atoms with van der Waals surface area (Å²) in [4.78, 5) is 51.5. The smallest absolute Gasteiger partial charge is 0.325 e. The Bertz CT molecular complexity index is 1110. The van der Waals surface area contributed by atoms with Gasteiger partial charge in [-0.15, -0.1) is 6.58 Å². The molecule has 0 aromatic heterocycles. The van der Waals surface area contributed by atoms with Crippen LogP contribution in [0.15, 0.2) is 43.5 Å². The fraction of sp³-hybridized carbons (Fsp3) is 0.533. The van der Waals surface area contributed by atoms with Crippen molar-refractivity contribution in [2.45, 2.75) is 78.1 Å². The lowest BCUT2D eigenvalue weighted by Gasteiger charge is -2.35. The maximum atomic E-state index is 14.4. The summed E-state index contributed by atoms with van der Waals surface area (Å²) in [6.07, 6.45) is 3.69. The van der Waals surface area contributed by atoms with Crippen LogP contribution in [0, 0.1) is 17.7 Å². The topological polar surface area (TPSA) is 126 Å². The molecule has 41 heavy (non-hydrogen) atoms. The standard InChI is InChI=1S/C30H43FN4O6/c1-8-11-19(5)27(36)33-26(18(3)4)28(37)32-20(6)29(38)35-15-10-12-25(34-35)30(39)41-21(7)23-17-22(40-16-9-2)13-14-24(23)31/h8-9,13-14,17-21,25-26,34H,1-2,10-12,15-16H2,3-7H3,(H,32,37)(H,33,36)/t19?,20?,21-,25?,26?/m1/s1. The molecule has 1 aromatic carbocycles. The molecule has 1 aliphatic rings. The van der Waals surface area contributed by atoms with Crippen LogP contribution in [0.4, 0.5) is 4.39 Å². The highest BCUT2D eigenvalue weighted by molar-refractivity contribution is 5.92. The van der Waals surface area contributed by atoms with Gasteiger partial charge in [0.15, 0.2) is 0 Å². The van der Waals surface area contributed by atoms with Gasteiger partial charge in [-0.1, -0.05) is 39.5 Å². The molecule has 0 spiro atoms. The summed E-state index contributed by atoms with van der Waals surface area (Å²) in [6.45, 7) is 16.2. The number of hydrogen-bond acceptors (Lipinski definition) is 7. The molecule has 0 saturated carbocycles. The van der Waals surface area contributed by atoms with Gasteiger partial charge in [0.1, 0.15) is 42.4 Å². The second kappa shape index (κ2) is 15.9. The van der Waals surface area contributed by atoms with Crippen molar-refractivity contribution in [2.24, 2.45) is 11.8 Å². The van der Waals surface area contributed by atoms with E-state index in [9.17, 15) is 23.6 Å². The van der Waals surface area contributed by atoms with Crippen LogP contribution in [0.5, 0.6) is 5.75 Å². The number of carbonyl (C=O) groups is 4. The second-order valence-electron chi connectivity index (χ2n) is 10.6. The van der Waals surface area contributed by atoms with Crippen LogP contribution in [0.25, 0.3) is 0 Å². The molecular formula is C30H43FN4O6.